The van der Waals surface area contributed by atoms with E-state index in [1.165, 1.54) is 36.5 Å². The van der Waals surface area contributed by atoms with Gasteiger partial charge in [0.15, 0.2) is 11.5 Å². The number of fused-ring (bicyclic) bond motifs is 1. The smallest absolute Gasteiger partial charge is 0.238 e. The number of sulfonamides is 2. The van der Waals surface area contributed by atoms with Crippen molar-refractivity contribution in [1.82, 2.24) is 15.2 Å². The second kappa shape index (κ2) is 10.2. The Bertz CT molecular complexity index is 1980. The average molecular weight is 584 g/mol. The first kappa shape index (κ1) is 27.1. The first-order valence-electron chi connectivity index (χ1n) is 11.5. The van der Waals surface area contributed by atoms with E-state index in [-0.39, 0.29) is 21.6 Å². The van der Waals surface area contributed by atoms with Crippen molar-refractivity contribution in [3.8, 4) is 11.1 Å². The highest BCUT2D eigenvalue weighted by Gasteiger charge is 2.27. The summed E-state index contributed by atoms with van der Waals surface area (Å²) in [6.07, 6.45) is 1.43. The number of ketones is 1. The maximum atomic E-state index is 15.4. The van der Waals surface area contributed by atoms with Crippen LogP contribution in [0, 0.1) is 11.6 Å². The number of aromatic nitrogens is 3. The summed E-state index contributed by atoms with van der Waals surface area (Å²) >= 11 is 0. The van der Waals surface area contributed by atoms with Gasteiger partial charge in [-0.3, -0.25) is 14.6 Å². The molecule has 10 nitrogen and oxygen atoms in total. The van der Waals surface area contributed by atoms with E-state index >= 15 is 4.39 Å². The number of benzene rings is 3. The topological polar surface area (TPSA) is 165 Å². The van der Waals surface area contributed by atoms with Crippen LogP contribution in [0.15, 0.2) is 83.9 Å². The zero-order chi connectivity index (χ0) is 28.7. The molecule has 0 bridgehead atoms. The molecule has 0 atom stereocenters. The molecule has 2 aromatic heterocycles. The van der Waals surface area contributed by atoms with Crippen LogP contribution in [0.2, 0.25) is 0 Å². The minimum atomic E-state index is -4.10. The van der Waals surface area contributed by atoms with Crippen LogP contribution in [-0.4, -0.2) is 37.8 Å². The zero-order valence-corrected chi connectivity index (χ0v) is 21.9. The molecule has 0 fully saturated rings. The summed E-state index contributed by atoms with van der Waals surface area (Å²) in [4.78, 5) is 17.4. The predicted molar refractivity (Wildman–Crippen MR) is 143 cm³/mol. The third-order valence-corrected chi connectivity index (χ3v) is 8.10. The maximum Gasteiger partial charge on any atom is 0.238 e. The highest BCUT2D eigenvalue weighted by atomic mass is 32.2. The quantitative estimate of drug-likeness (QED) is 0.234. The highest BCUT2D eigenvalue weighted by molar-refractivity contribution is 7.91. The molecule has 3 aromatic carbocycles. The molecule has 0 saturated heterocycles. The lowest BCUT2D eigenvalue weighted by Gasteiger charge is -2.12. The molecule has 0 aliphatic carbocycles. The number of anilines is 1. The minimum Gasteiger partial charge on any atom is -0.287 e. The SMILES string of the molecule is NS(=O)(=O)c1ccc(-c2cnc3[nH]nc(C(=O)c4c(F)ccc(NS(=O)(=O)Cc5ccccc5)c4F)c3c2)cc1. The van der Waals surface area contributed by atoms with Gasteiger partial charge in [-0.1, -0.05) is 42.5 Å². The van der Waals surface area contributed by atoms with Crippen molar-refractivity contribution in [3.05, 3.63) is 107 Å². The fourth-order valence-electron chi connectivity index (χ4n) is 4.03. The lowest BCUT2D eigenvalue weighted by Crippen LogP contribution is -2.18. The number of carbonyl (C=O) groups excluding carboxylic acids is 1. The molecular formula is C26H19F2N5O5S2. The van der Waals surface area contributed by atoms with E-state index in [0.717, 1.165) is 12.1 Å². The summed E-state index contributed by atoms with van der Waals surface area (Å²) in [7, 11) is -8.01. The molecule has 0 spiro atoms. The highest BCUT2D eigenvalue weighted by Crippen LogP contribution is 2.29. The number of nitrogens with one attached hydrogen (secondary N) is 2. The first-order chi connectivity index (χ1) is 18.9. The molecule has 2 heterocycles. The number of hydrogen-bond donors (Lipinski definition) is 3. The van der Waals surface area contributed by atoms with Crippen molar-refractivity contribution < 1.29 is 30.4 Å². The van der Waals surface area contributed by atoms with E-state index in [4.69, 9.17) is 5.14 Å². The fourth-order valence-corrected chi connectivity index (χ4v) is 5.74. The van der Waals surface area contributed by atoms with Crippen molar-refractivity contribution in [3.63, 3.8) is 0 Å². The van der Waals surface area contributed by atoms with Crippen LogP contribution in [0.5, 0.6) is 0 Å². The van der Waals surface area contributed by atoms with Crippen LogP contribution in [-0.2, 0) is 25.8 Å². The van der Waals surface area contributed by atoms with E-state index in [1.807, 2.05) is 0 Å². The minimum absolute atomic E-state index is 0.102. The number of hydrogen-bond acceptors (Lipinski definition) is 7. The Kier molecular flexibility index (Phi) is 6.91. The van der Waals surface area contributed by atoms with Gasteiger partial charge in [0.05, 0.1) is 27.3 Å². The second-order valence-corrected chi connectivity index (χ2v) is 12.0. The Balaban J connectivity index is 1.49. The van der Waals surface area contributed by atoms with Crippen LogP contribution in [0.25, 0.3) is 22.2 Å². The number of primary sulfonamides is 1. The molecule has 0 aliphatic rings. The first-order valence-corrected chi connectivity index (χ1v) is 14.7. The molecule has 204 valence electrons. The van der Waals surface area contributed by atoms with Crippen molar-refractivity contribution in [1.29, 1.82) is 0 Å². The van der Waals surface area contributed by atoms with Crippen LogP contribution >= 0.6 is 0 Å². The van der Waals surface area contributed by atoms with Gasteiger partial charge in [0.25, 0.3) is 0 Å². The van der Waals surface area contributed by atoms with Gasteiger partial charge in [-0.2, -0.15) is 5.10 Å². The second-order valence-electron chi connectivity index (χ2n) is 8.72. The average Bonchev–Trinajstić information content (AvgIpc) is 3.33. The van der Waals surface area contributed by atoms with E-state index in [0.29, 0.717) is 16.7 Å². The molecular weight excluding hydrogens is 564 g/mol. The normalized spacial score (nSPS) is 12.0. The van der Waals surface area contributed by atoms with Gasteiger partial charge >= 0.3 is 0 Å². The van der Waals surface area contributed by atoms with Crippen LogP contribution in [0.1, 0.15) is 21.6 Å². The summed E-state index contributed by atoms with van der Waals surface area (Å²) in [6.45, 7) is 0. The summed E-state index contributed by atoms with van der Waals surface area (Å²) in [6, 6.07) is 16.9. The van der Waals surface area contributed by atoms with E-state index in [9.17, 15) is 26.0 Å². The van der Waals surface area contributed by atoms with Crippen molar-refractivity contribution >= 4 is 42.6 Å². The summed E-state index contributed by atoms with van der Waals surface area (Å²) < 4.78 is 80.6. The molecule has 40 heavy (non-hydrogen) atoms. The fraction of sp³-hybridized carbons (Fsp3) is 0.0385. The molecule has 14 heteroatoms. The van der Waals surface area contributed by atoms with Gasteiger partial charge in [-0.25, -0.2) is 35.7 Å². The number of halogens is 2. The zero-order valence-electron chi connectivity index (χ0n) is 20.3. The number of nitrogens with zero attached hydrogens (tertiary/aromatic N) is 2. The number of H-pyrrole nitrogens is 1. The van der Waals surface area contributed by atoms with Crippen LogP contribution < -0.4 is 9.86 Å². The Morgan fingerprint density at radius 1 is 0.925 bits per heavy atom. The van der Waals surface area contributed by atoms with Gasteiger partial charge in [-0.05, 0) is 41.5 Å². The predicted octanol–water partition coefficient (Wildman–Crippen LogP) is 3.72. The standard InChI is InChI=1S/C26H19F2N5O5S2/c27-20-10-11-21(33-39(35,36)14-15-4-2-1-3-5-15)23(28)22(20)25(34)24-19-12-17(13-30-26(19)32-31-24)16-6-8-18(9-7-16)40(29,37)38/h1-13,33H,14H2,(H2,29,37,38)(H,30,31,32). The van der Waals surface area contributed by atoms with Crippen molar-refractivity contribution in [2.24, 2.45) is 5.14 Å². The molecule has 0 unspecified atom stereocenters. The molecule has 0 saturated carbocycles. The number of aromatic amines is 1. The van der Waals surface area contributed by atoms with Crippen LogP contribution in [0.3, 0.4) is 0 Å². The molecule has 0 radical (unpaired) electrons. The Morgan fingerprint density at radius 2 is 1.62 bits per heavy atom. The van der Waals surface area contributed by atoms with E-state index in [2.05, 4.69) is 19.9 Å². The Hall–Kier alpha value is -4.53. The largest absolute Gasteiger partial charge is 0.287 e. The molecule has 5 rings (SSSR count). The van der Waals surface area contributed by atoms with Crippen molar-refractivity contribution in [2.75, 3.05) is 4.72 Å². The third kappa shape index (κ3) is 5.45. The van der Waals surface area contributed by atoms with Crippen LogP contribution in [0.4, 0.5) is 14.5 Å². The molecule has 5 aromatic rings. The lowest BCUT2D eigenvalue weighted by atomic mass is 10.0. The number of carbonyl (C=O) groups is 1. The number of pyridine rings is 1. The van der Waals surface area contributed by atoms with E-state index < -0.39 is 54.5 Å². The summed E-state index contributed by atoms with van der Waals surface area (Å²) in [5, 5.41) is 11.7. The third-order valence-electron chi connectivity index (χ3n) is 5.93. The maximum absolute atomic E-state index is 15.4. The summed E-state index contributed by atoms with van der Waals surface area (Å²) in [5.74, 6) is -4.23. The van der Waals surface area contributed by atoms with Gasteiger partial charge in [0, 0.05) is 11.8 Å². The lowest BCUT2D eigenvalue weighted by molar-refractivity contribution is 0.102. The van der Waals surface area contributed by atoms with Gasteiger partial charge in [0.1, 0.15) is 11.5 Å². The van der Waals surface area contributed by atoms with Gasteiger partial charge in [-0.15, -0.1) is 0 Å². The number of rotatable bonds is 8. The summed E-state index contributed by atoms with van der Waals surface area (Å²) in [5.41, 5.74) is -0.396. The van der Waals surface area contributed by atoms with E-state index in [1.54, 1.807) is 30.3 Å². The van der Waals surface area contributed by atoms with Gasteiger partial charge < -0.3 is 0 Å². The monoisotopic (exact) mass is 583 g/mol. The Labute approximate surface area is 227 Å². The number of nitrogens with two attached hydrogens (primary N) is 1. The molecule has 0 amide bonds. The van der Waals surface area contributed by atoms with Gasteiger partial charge in [0.2, 0.25) is 25.8 Å². The Morgan fingerprint density at radius 3 is 2.30 bits per heavy atom. The molecule has 0 aliphatic heterocycles. The molecule has 4 N–H and O–H groups in total. The van der Waals surface area contributed by atoms with Crippen molar-refractivity contribution in [2.45, 2.75) is 10.6 Å².